The molecule has 0 atom stereocenters. The third-order valence-corrected chi connectivity index (χ3v) is 5.01. The average Bonchev–Trinajstić information content (AvgIpc) is 2.67. The first-order valence-corrected chi connectivity index (χ1v) is 9.88. The van der Waals surface area contributed by atoms with Gasteiger partial charge in [0, 0.05) is 0 Å². The molecular formula is C24H32N2Na2. The molecule has 0 aliphatic heterocycles. The van der Waals surface area contributed by atoms with Crippen LogP contribution >= 0.6 is 0 Å². The van der Waals surface area contributed by atoms with E-state index in [0.29, 0.717) is 0 Å². The molecule has 0 heterocycles. The number of rotatable bonds is 8. The molecule has 2 aromatic carbocycles. The van der Waals surface area contributed by atoms with E-state index in [2.05, 4.69) is 77.9 Å². The molecule has 0 bridgehead atoms. The zero-order valence-electron chi connectivity index (χ0n) is 19.2. The van der Waals surface area contributed by atoms with Crippen LogP contribution < -0.4 is 59.1 Å². The summed E-state index contributed by atoms with van der Waals surface area (Å²) in [4.78, 5) is 0. The van der Waals surface area contributed by atoms with Gasteiger partial charge in [-0.3, -0.25) is 0 Å². The normalized spacial score (nSPS) is 11.1. The Morgan fingerprint density at radius 2 is 0.821 bits per heavy atom. The predicted molar refractivity (Wildman–Crippen MR) is 115 cm³/mol. The summed E-state index contributed by atoms with van der Waals surface area (Å²) in [6, 6.07) is 13.0. The first kappa shape index (κ1) is 27.8. The number of hydrogen-bond acceptors (Lipinski definition) is 0. The molecule has 2 rings (SSSR count). The topological polar surface area (TPSA) is 28.2 Å². The minimum Gasteiger partial charge on any atom is -0.662 e. The smallest absolute Gasteiger partial charge is 0.662 e. The summed E-state index contributed by atoms with van der Waals surface area (Å²) in [5.41, 5.74) is 9.47. The number of hydrogen-bond donors (Lipinski definition) is 0. The maximum Gasteiger partial charge on any atom is 1.00 e. The Morgan fingerprint density at radius 1 is 0.571 bits per heavy atom. The molecule has 0 aliphatic carbocycles. The molecule has 0 saturated heterocycles. The van der Waals surface area contributed by atoms with Crippen LogP contribution in [0.1, 0.15) is 63.8 Å². The molecule has 140 valence electrons. The van der Waals surface area contributed by atoms with Crippen molar-refractivity contribution in [2.45, 2.75) is 67.2 Å². The van der Waals surface area contributed by atoms with E-state index in [0.717, 1.165) is 48.5 Å². The monoisotopic (exact) mass is 394 g/mol. The Hall–Kier alpha value is -0.220. The third kappa shape index (κ3) is 6.93. The second kappa shape index (κ2) is 13.9. The Morgan fingerprint density at radius 3 is 1.04 bits per heavy atom. The van der Waals surface area contributed by atoms with Crippen LogP contribution in [-0.4, -0.2) is 0 Å². The summed E-state index contributed by atoms with van der Waals surface area (Å²) < 4.78 is 0. The summed E-state index contributed by atoms with van der Waals surface area (Å²) >= 11 is 0. The molecule has 0 saturated carbocycles. The van der Waals surface area contributed by atoms with Crippen molar-refractivity contribution in [1.29, 1.82) is 0 Å². The Labute approximate surface area is 216 Å². The van der Waals surface area contributed by atoms with Crippen molar-refractivity contribution in [3.05, 3.63) is 80.7 Å². The summed E-state index contributed by atoms with van der Waals surface area (Å²) in [6.07, 6.45) is 3.98. The van der Waals surface area contributed by atoms with Crippen LogP contribution in [-0.2, 0) is 25.7 Å². The molecule has 4 heteroatoms. The van der Waals surface area contributed by atoms with Crippen LogP contribution in [0.5, 0.6) is 0 Å². The van der Waals surface area contributed by atoms with Crippen molar-refractivity contribution in [1.82, 2.24) is 0 Å². The van der Waals surface area contributed by atoms with E-state index < -0.39 is 0 Å². The van der Waals surface area contributed by atoms with E-state index in [1.165, 1.54) is 22.3 Å². The quantitative estimate of drug-likeness (QED) is 0.612. The van der Waals surface area contributed by atoms with Crippen molar-refractivity contribution in [2.75, 3.05) is 0 Å². The van der Waals surface area contributed by atoms with Gasteiger partial charge in [0.2, 0.25) is 0 Å². The van der Waals surface area contributed by atoms with Crippen LogP contribution in [0, 0.1) is 0 Å². The van der Waals surface area contributed by atoms with Gasteiger partial charge < -0.3 is 10.6 Å². The molecule has 0 aromatic heterocycles. The first-order chi connectivity index (χ1) is 12.5. The fourth-order valence-electron chi connectivity index (χ4n) is 3.21. The van der Waals surface area contributed by atoms with Crippen LogP contribution in [0.15, 0.2) is 47.8 Å². The molecule has 0 amide bonds. The maximum absolute atomic E-state index is 4.99. The fourth-order valence-corrected chi connectivity index (χ4v) is 3.21. The van der Waals surface area contributed by atoms with Crippen LogP contribution in [0.25, 0.3) is 10.6 Å². The van der Waals surface area contributed by atoms with Crippen LogP contribution in [0.4, 0.5) is 11.4 Å². The van der Waals surface area contributed by atoms with Gasteiger partial charge >= 0.3 is 59.1 Å². The third-order valence-electron chi connectivity index (χ3n) is 5.01. The molecule has 0 spiro atoms. The van der Waals surface area contributed by atoms with Gasteiger partial charge in [-0.2, -0.15) is 11.4 Å². The summed E-state index contributed by atoms with van der Waals surface area (Å²) in [7, 11) is 0. The molecule has 0 radical (unpaired) electrons. The standard InChI is InChI=1S/C24H32N2.2Na/c1-7-19-13-11-14-20(8-2)23(19)25-17(5)18(6)26-24-21(9-3)15-12-16-22(24)10-4;;/h11-16H,7-10H2,1-6H3;;/q-2;2*+1/b18-17-;;. The van der Waals surface area contributed by atoms with Gasteiger partial charge in [-0.1, -0.05) is 100 Å². The summed E-state index contributed by atoms with van der Waals surface area (Å²) in [5.74, 6) is 0. The van der Waals surface area contributed by atoms with E-state index in [4.69, 9.17) is 10.6 Å². The fraction of sp³-hybridized carbons (Fsp3) is 0.417. The zero-order chi connectivity index (χ0) is 19.1. The van der Waals surface area contributed by atoms with Gasteiger partial charge in [-0.05, 0) is 25.7 Å². The SMILES string of the molecule is CCc1cccc(CC)c1[N-]/C(C)=C(/C)[N-]c1c(CC)cccc1CC.[Na+].[Na+]. The van der Waals surface area contributed by atoms with Gasteiger partial charge in [-0.25, -0.2) is 0 Å². The molecule has 0 unspecified atom stereocenters. The van der Waals surface area contributed by atoms with Crippen molar-refractivity contribution >= 4 is 11.4 Å². The summed E-state index contributed by atoms with van der Waals surface area (Å²) in [5, 5.41) is 9.99. The molecule has 0 fully saturated rings. The Balaban J connectivity index is 0.00000364. The van der Waals surface area contributed by atoms with Gasteiger partial charge in [0.25, 0.3) is 0 Å². The van der Waals surface area contributed by atoms with Crippen molar-refractivity contribution in [3.63, 3.8) is 0 Å². The minimum absolute atomic E-state index is 0. The molecule has 28 heavy (non-hydrogen) atoms. The summed E-state index contributed by atoms with van der Waals surface area (Å²) in [6.45, 7) is 12.9. The van der Waals surface area contributed by atoms with E-state index in [1.807, 2.05) is 0 Å². The second-order valence-corrected chi connectivity index (χ2v) is 6.66. The zero-order valence-corrected chi connectivity index (χ0v) is 23.2. The molecule has 0 N–H and O–H groups in total. The van der Waals surface area contributed by atoms with Crippen LogP contribution in [0.2, 0.25) is 0 Å². The largest absolute Gasteiger partial charge is 1.00 e. The Bertz CT molecular complexity index is 672. The maximum atomic E-state index is 4.99. The number of nitrogens with zero attached hydrogens (tertiary/aromatic N) is 2. The van der Waals surface area contributed by atoms with E-state index in [-0.39, 0.29) is 59.1 Å². The number of para-hydroxylation sites is 2. The first-order valence-electron chi connectivity index (χ1n) is 9.88. The van der Waals surface area contributed by atoms with Crippen molar-refractivity contribution < 1.29 is 59.1 Å². The van der Waals surface area contributed by atoms with Crippen molar-refractivity contribution in [2.24, 2.45) is 0 Å². The number of benzene rings is 2. The van der Waals surface area contributed by atoms with Gasteiger partial charge in [0.15, 0.2) is 0 Å². The van der Waals surface area contributed by atoms with Gasteiger partial charge in [-0.15, -0.1) is 11.4 Å². The van der Waals surface area contributed by atoms with Gasteiger partial charge in [0.05, 0.1) is 0 Å². The van der Waals surface area contributed by atoms with E-state index >= 15 is 0 Å². The van der Waals surface area contributed by atoms with E-state index in [1.54, 1.807) is 0 Å². The number of aryl methyl sites for hydroxylation is 4. The average molecular weight is 395 g/mol. The van der Waals surface area contributed by atoms with Crippen molar-refractivity contribution in [3.8, 4) is 0 Å². The minimum atomic E-state index is 0. The van der Waals surface area contributed by atoms with Crippen LogP contribution in [0.3, 0.4) is 0 Å². The predicted octanol–water partition coefficient (Wildman–Crippen LogP) is 1.91. The van der Waals surface area contributed by atoms with E-state index in [9.17, 15) is 0 Å². The molecular weight excluding hydrogens is 362 g/mol. The second-order valence-electron chi connectivity index (χ2n) is 6.66. The number of allylic oxidation sites excluding steroid dienone is 2. The molecule has 0 aliphatic rings. The molecule has 2 aromatic rings. The Kier molecular flexibility index (Phi) is 13.8. The molecule has 2 nitrogen and oxygen atoms in total. The van der Waals surface area contributed by atoms with Gasteiger partial charge in [0.1, 0.15) is 0 Å².